The van der Waals surface area contributed by atoms with Gasteiger partial charge in [-0.25, -0.2) is 4.68 Å². The molecule has 0 aliphatic heterocycles. The third-order valence-electron chi connectivity index (χ3n) is 9.04. The number of rotatable bonds is 5. The lowest BCUT2D eigenvalue weighted by molar-refractivity contribution is 0.0932. The lowest BCUT2D eigenvalue weighted by atomic mass is 9.78. The standard InChI is InChI=1S/C32H35Cl2N3O/c1-32(23-10-3-2-4-11-23)20-28(32)35-31(38)29-25-12-6-5-9-22(19-21-15-17-24(33)18-16-21)30(25)37(36-29)27-14-8-7-13-26(27)34/h7-8,13-19,23,28H,2-6,9-12,20H2,1H3,(H,35,38)/b22-19+. The van der Waals surface area contributed by atoms with Crippen LogP contribution >= 0.6 is 23.2 Å². The Kier molecular flexibility index (Phi) is 7.13. The van der Waals surface area contributed by atoms with E-state index in [-0.39, 0.29) is 17.4 Å². The average Bonchev–Trinajstić information content (AvgIpc) is 3.51. The summed E-state index contributed by atoms with van der Waals surface area (Å²) in [5.41, 5.74) is 5.84. The fourth-order valence-electron chi connectivity index (χ4n) is 6.67. The molecule has 38 heavy (non-hydrogen) atoms. The van der Waals surface area contributed by atoms with E-state index in [1.165, 1.54) is 37.7 Å². The van der Waals surface area contributed by atoms with E-state index in [1.807, 2.05) is 53.2 Å². The fourth-order valence-corrected chi connectivity index (χ4v) is 7.01. The molecule has 0 bridgehead atoms. The number of amides is 1. The minimum Gasteiger partial charge on any atom is -0.347 e. The summed E-state index contributed by atoms with van der Waals surface area (Å²) in [5.74, 6) is 0.664. The Morgan fingerprint density at radius 1 is 1.00 bits per heavy atom. The quantitative estimate of drug-likeness (QED) is 0.325. The van der Waals surface area contributed by atoms with Crippen molar-refractivity contribution in [2.75, 3.05) is 0 Å². The Bertz CT molecular complexity index is 1370. The highest BCUT2D eigenvalue weighted by molar-refractivity contribution is 6.32. The van der Waals surface area contributed by atoms with Gasteiger partial charge in [-0.2, -0.15) is 5.10 Å². The number of nitrogens with zero attached hydrogens (tertiary/aromatic N) is 2. The number of para-hydroxylation sites is 1. The normalized spacial score (nSPS) is 24.6. The summed E-state index contributed by atoms with van der Waals surface area (Å²) in [6, 6.07) is 15.9. The zero-order chi connectivity index (χ0) is 26.3. The maximum Gasteiger partial charge on any atom is 0.272 e. The van der Waals surface area contributed by atoms with Gasteiger partial charge in [-0.05, 0) is 97.8 Å². The highest BCUT2D eigenvalue weighted by atomic mass is 35.5. The summed E-state index contributed by atoms with van der Waals surface area (Å²) in [7, 11) is 0. The number of hydrogen-bond donors (Lipinski definition) is 1. The lowest BCUT2D eigenvalue weighted by Gasteiger charge is -2.28. The first-order valence-corrected chi connectivity index (χ1v) is 14.8. The minimum absolute atomic E-state index is 0.0515. The number of hydrogen-bond acceptors (Lipinski definition) is 2. The second-order valence-electron chi connectivity index (χ2n) is 11.5. The molecular formula is C32H35Cl2N3O. The van der Waals surface area contributed by atoms with Gasteiger partial charge in [0, 0.05) is 16.6 Å². The Hall–Kier alpha value is -2.56. The van der Waals surface area contributed by atoms with Gasteiger partial charge in [0.1, 0.15) is 0 Å². The van der Waals surface area contributed by atoms with Crippen LogP contribution in [-0.2, 0) is 6.42 Å². The molecule has 2 unspecified atom stereocenters. The van der Waals surface area contributed by atoms with Crippen molar-refractivity contribution in [2.45, 2.75) is 77.2 Å². The van der Waals surface area contributed by atoms with Gasteiger partial charge in [0.05, 0.1) is 16.4 Å². The van der Waals surface area contributed by atoms with E-state index >= 15 is 0 Å². The van der Waals surface area contributed by atoms with Gasteiger partial charge in [-0.3, -0.25) is 4.79 Å². The second-order valence-corrected chi connectivity index (χ2v) is 12.4. The van der Waals surface area contributed by atoms with E-state index in [0.29, 0.717) is 21.7 Å². The number of benzene rings is 2. The maximum absolute atomic E-state index is 13.8. The molecule has 3 aliphatic carbocycles. The summed E-state index contributed by atoms with van der Waals surface area (Å²) in [4.78, 5) is 13.8. The van der Waals surface area contributed by atoms with E-state index in [4.69, 9.17) is 28.3 Å². The minimum atomic E-state index is -0.0515. The Labute approximate surface area is 235 Å². The van der Waals surface area contributed by atoms with E-state index in [1.54, 1.807) is 0 Å². The zero-order valence-electron chi connectivity index (χ0n) is 22.0. The van der Waals surface area contributed by atoms with Crippen LogP contribution < -0.4 is 5.32 Å². The van der Waals surface area contributed by atoms with E-state index in [9.17, 15) is 4.79 Å². The summed E-state index contributed by atoms with van der Waals surface area (Å²) in [6.45, 7) is 2.36. The van der Waals surface area contributed by atoms with Crippen LogP contribution in [0.25, 0.3) is 17.3 Å². The Morgan fingerprint density at radius 3 is 2.50 bits per heavy atom. The predicted molar refractivity (Wildman–Crippen MR) is 156 cm³/mol. The molecule has 6 heteroatoms. The molecule has 0 saturated heterocycles. The highest BCUT2D eigenvalue weighted by Gasteiger charge is 2.55. The number of halogens is 2. The largest absolute Gasteiger partial charge is 0.347 e. The van der Waals surface area contributed by atoms with Crippen molar-refractivity contribution >= 4 is 40.8 Å². The molecule has 1 amide bonds. The summed E-state index contributed by atoms with van der Waals surface area (Å²) < 4.78 is 1.91. The number of carbonyl (C=O) groups is 1. The van der Waals surface area contributed by atoms with E-state index < -0.39 is 0 Å². The number of aromatic nitrogens is 2. The van der Waals surface area contributed by atoms with Crippen molar-refractivity contribution in [3.8, 4) is 5.69 Å². The molecule has 1 heterocycles. The van der Waals surface area contributed by atoms with Crippen molar-refractivity contribution in [3.05, 3.63) is 81.1 Å². The van der Waals surface area contributed by atoms with Crippen LogP contribution in [0.2, 0.25) is 10.0 Å². The van der Waals surface area contributed by atoms with E-state index in [2.05, 4.69) is 18.3 Å². The molecule has 1 N–H and O–H groups in total. The third kappa shape index (κ3) is 4.94. The molecule has 0 radical (unpaired) electrons. The Morgan fingerprint density at radius 2 is 1.74 bits per heavy atom. The van der Waals surface area contributed by atoms with Crippen LogP contribution in [0.15, 0.2) is 48.5 Å². The van der Waals surface area contributed by atoms with Gasteiger partial charge >= 0.3 is 0 Å². The monoisotopic (exact) mass is 547 g/mol. The van der Waals surface area contributed by atoms with Gasteiger partial charge in [-0.15, -0.1) is 0 Å². The molecule has 3 aliphatic rings. The van der Waals surface area contributed by atoms with Crippen molar-refractivity contribution in [1.82, 2.24) is 15.1 Å². The summed E-state index contributed by atoms with van der Waals surface area (Å²) in [6.07, 6.45) is 13.6. The smallest absolute Gasteiger partial charge is 0.272 e. The van der Waals surface area contributed by atoms with Gasteiger partial charge < -0.3 is 5.32 Å². The van der Waals surface area contributed by atoms with Crippen LogP contribution in [-0.4, -0.2) is 21.7 Å². The van der Waals surface area contributed by atoms with Crippen molar-refractivity contribution in [2.24, 2.45) is 11.3 Å². The fraction of sp³-hybridized carbons (Fsp3) is 0.438. The molecule has 2 saturated carbocycles. The van der Waals surface area contributed by atoms with Crippen LogP contribution in [0, 0.1) is 11.3 Å². The van der Waals surface area contributed by atoms with Gasteiger partial charge in [-0.1, -0.05) is 73.7 Å². The van der Waals surface area contributed by atoms with Gasteiger partial charge in [0.15, 0.2) is 5.69 Å². The summed E-state index contributed by atoms with van der Waals surface area (Å²) in [5, 5.41) is 9.70. The molecule has 2 atom stereocenters. The molecule has 198 valence electrons. The second kappa shape index (κ2) is 10.5. The van der Waals surface area contributed by atoms with Gasteiger partial charge in [0.25, 0.3) is 5.91 Å². The predicted octanol–water partition coefficient (Wildman–Crippen LogP) is 8.53. The van der Waals surface area contributed by atoms with Crippen LogP contribution in [0.4, 0.5) is 0 Å². The number of fused-ring (bicyclic) bond motifs is 1. The first-order valence-electron chi connectivity index (χ1n) is 14.1. The average molecular weight is 549 g/mol. The van der Waals surface area contributed by atoms with Crippen molar-refractivity contribution in [1.29, 1.82) is 0 Å². The molecule has 2 fully saturated rings. The highest BCUT2D eigenvalue weighted by Crippen LogP contribution is 2.56. The van der Waals surface area contributed by atoms with Crippen LogP contribution in [0.1, 0.15) is 92.0 Å². The third-order valence-corrected chi connectivity index (χ3v) is 9.61. The van der Waals surface area contributed by atoms with Gasteiger partial charge in [0.2, 0.25) is 0 Å². The number of carbonyl (C=O) groups excluding carboxylic acids is 1. The van der Waals surface area contributed by atoms with Crippen molar-refractivity contribution in [3.63, 3.8) is 0 Å². The molecule has 4 nitrogen and oxygen atoms in total. The number of allylic oxidation sites excluding steroid dienone is 1. The summed E-state index contributed by atoms with van der Waals surface area (Å²) >= 11 is 12.8. The molecule has 1 aromatic heterocycles. The molecule has 2 aromatic carbocycles. The first kappa shape index (κ1) is 25.7. The van der Waals surface area contributed by atoms with Crippen LogP contribution in [0.5, 0.6) is 0 Å². The lowest BCUT2D eigenvalue weighted by Crippen LogP contribution is -2.33. The van der Waals surface area contributed by atoms with Crippen LogP contribution in [0.3, 0.4) is 0 Å². The first-order chi connectivity index (χ1) is 18.4. The maximum atomic E-state index is 13.8. The molecular weight excluding hydrogens is 513 g/mol. The molecule has 6 rings (SSSR count). The molecule has 3 aromatic rings. The topological polar surface area (TPSA) is 46.9 Å². The van der Waals surface area contributed by atoms with E-state index in [0.717, 1.165) is 54.6 Å². The Balaban J connectivity index is 1.39. The van der Waals surface area contributed by atoms with Crippen molar-refractivity contribution < 1.29 is 4.79 Å². The zero-order valence-corrected chi connectivity index (χ0v) is 23.5. The molecule has 0 spiro atoms. The SMILES string of the molecule is CC1(C2CCCCC2)CC1NC(=O)c1nn(-c2ccccc2Cl)c2c1CCCC/C2=C\c1ccc(Cl)cc1. The number of nitrogens with one attached hydrogen (secondary N) is 1.